The number of hydrogen-bond donors (Lipinski definition) is 3. The Morgan fingerprint density at radius 2 is 2.00 bits per heavy atom. The number of nitrogens with one attached hydrogen (secondary N) is 1. The van der Waals surface area contributed by atoms with E-state index >= 15 is 0 Å². The van der Waals surface area contributed by atoms with Crippen LogP contribution in [0.4, 0.5) is 0 Å². The van der Waals surface area contributed by atoms with Gasteiger partial charge in [-0.15, -0.1) is 0 Å². The maximum atomic E-state index is 8.92. The Balaban J connectivity index is 2.33. The molecular formula is C10H21NO2. The quantitative estimate of drug-likeness (QED) is 0.588. The third kappa shape index (κ3) is 2.93. The van der Waals surface area contributed by atoms with Crippen LogP contribution < -0.4 is 5.32 Å². The molecule has 0 aromatic heterocycles. The lowest BCUT2D eigenvalue weighted by molar-refractivity contribution is 0.155. The van der Waals surface area contributed by atoms with Gasteiger partial charge in [0, 0.05) is 6.04 Å². The van der Waals surface area contributed by atoms with Gasteiger partial charge in [0.1, 0.15) is 0 Å². The van der Waals surface area contributed by atoms with E-state index in [4.69, 9.17) is 10.2 Å². The average molecular weight is 187 g/mol. The lowest BCUT2D eigenvalue weighted by Gasteiger charge is -2.24. The van der Waals surface area contributed by atoms with Gasteiger partial charge in [-0.25, -0.2) is 0 Å². The first-order valence-electron chi connectivity index (χ1n) is 5.29. The van der Waals surface area contributed by atoms with E-state index in [1.54, 1.807) is 0 Å². The second-order valence-electron chi connectivity index (χ2n) is 3.93. The normalized spacial score (nSPS) is 28.6. The second kappa shape index (κ2) is 5.58. The van der Waals surface area contributed by atoms with Crippen LogP contribution in [0.15, 0.2) is 0 Å². The molecule has 3 nitrogen and oxygen atoms in total. The highest BCUT2D eigenvalue weighted by Crippen LogP contribution is 2.28. The fraction of sp³-hybridized carbons (Fsp3) is 1.00. The summed E-state index contributed by atoms with van der Waals surface area (Å²) >= 11 is 0. The van der Waals surface area contributed by atoms with Crippen molar-refractivity contribution in [3.05, 3.63) is 0 Å². The smallest absolute Gasteiger partial charge is 0.0607 e. The number of aliphatic hydroxyl groups is 2. The lowest BCUT2D eigenvalue weighted by Crippen LogP contribution is -2.44. The SMILES string of the molecule is CCC1CCCC1NC(CO)CO. The summed E-state index contributed by atoms with van der Waals surface area (Å²) in [5.41, 5.74) is 0. The molecule has 13 heavy (non-hydrogen) atoms. The van der Waals surface area contributed by atoms with Crippen LogP contribution in [0.25, 0.3) is 0 Å². The van der Waals surface area contributed by atoms with Gasteiger partial charge < -0.3 is 15.5 Å². The second-order valence-corrected chi connectivity index (χ2v) is 3.93. The standard InChI is InChI=1S/C10H21NO2/c1-2-8-4-3-5-10(8)11-9(6-12)7-13/h8-13H,2-7H2,1H3. The Kier molecular flexibility index (Phi) is 4.70. The van der Waals surface area contributed by atoms with Crippen LogP contribution in [-0.2, 0) is 0 Å². The van der Waals surface area contributed by atoms with Crippen molar-refractivity contribution in [3.8, 4) is 0 Å². The molecule has 0 aromatic carbocycles. The summed E-state index contributed by atoms with van der Waals surface area (Å²) in [4.78, 5) is 0. The molecule has 0 spiro atoms. The van der Waals surface area contributed by atoms with Crippen molar-refractivity contribution < 1.29 is 10.2 Å². The van der Waals surface area contributed by atoms with E-state index in [9.17, 15) is 0 Å². The Bertz CT molecular complexity index is 137. The van der Waals surface area contributed by atoms with Crippen molar-refractivity contribution in [2.75, 3.05) is 13.2 Å². The molecule has 0 amide bonds. The van der Waals surface area contributed by atoms with Crippen LogP contribution in [0.1, 0.15) is 32.6 Å². The van der Waals surface area contributed by atoms with E-state index in [1.165, 1.54) is 25.7 Å². The third-order valence-electron chi connectivity index (χ3n) is 3.07. The zero-order chi connectivity index (χ0) is 9.68. The summed E-state index contributed by atoms with van der Waals surface area (Å²) in [6.45, 7) is 2.27. The Labute approximate surface area is 80.2 Å². The van der Waals surface area contributed by atoms with Gasteiger partial charge in [-0.05, 0) is 18.8 Å². The topological polar surface area (TPSA) is 52.5 Å². The van der Waals surface area contributed by atoms with Crippen molar-refractivity contribution in [2.45, 2.75) is 44.7 Å². The predicted molar refractivity (Wildman–Crippen MR) is 52.5 cm³/mol. The zero-order valence-corrected chi connectivity index (χ0v) is 8.37. The van der Waals surface area contributed by atoms with E-state index in [-0.39, 0.29) is 19.3 Å². The fourth-order valence-corrected chi connectivity index (χ4v) is 2.21. The first-order valence-corrected chi connectivity index (χ1v) is 5.29. The molecule has 0 heterocycles. The molecule has 0 bridgehead atoms. The van der Waals surface area contributed by atoms with Crippen LogP contribution in [0.3, 0.4) is 0 Å². The van der Waals surface area contributed by atoms with Gasteiger partial charge in [-0.1, -0.05) is 19.8 Å². The molecule has 2 unspecified atom stereocenters. The van der Waals surface area contributed by atoms with Gasteiger partial charge in [-0.2, -0.15) is 0 Å². The summed E-state index contributed by atoms with van der Waals surface area (Å²) in [6.07, 6.45) is 4.95. The summed E-state index contributed by atoms with van der Waals surface area (Å²) < 4.78 is 0. The third-order valence-corrected chi connectivity index (χ3v) is 3.07. The molecule has 0 saturated heterocycles. The highest BCUT2D eigenvalue weighted by atomic mass is 16.3. The summed E-state index contributed by atoms with van der Waals surface area (Å²) in [5, 5.41) is 21.2. The molecule has 78 valence electrons. The molecular weight excluding hydrogens is 166 g/mol. The molecule has 0 radical (unpaired) electrons. The number of rotatable bonds is 5. The maximum absolute atomic E-state index is 8.92. The monoisotopic (exact) mass is 187 g/mol. The highest BCUT2D eigenvalue weighted by Gasteiger charge is 2.26. The van der Waals surface area contributed by atoms with Gasteiger partial charge in [0.15, 0.2) is 0 Å². The Morgan fingerprint density at radius 3 is 2.54 bits per heavy atom. The van der Waals surface area contributed by atoms with Crippen LogP contribution >= 0.6 is 0 Å². The van der Waals surface area contributed by atoms with Crippen LogP contribution in [0.2, 0.25) is 0 Å². The number of hydrogen-bond acceptors (Lipinski definition) is 3. The molecule has 1 fully saturated rings. The van der Waals surface area contributed by atoms with Crippen LogP contribution in [0, 0.1) is 5.92 Å². The van der Waals surface area contributed by atoms with Crippen molar-refractivity contribution in [1.82, 2.24) is 5.32 Å². The molecule has 0 aliphatic heterocycles. The average Bonchev–Trinajstić information content (AvgIpc) is 2.61. The van der Waals surface area contributed by atoms with Crippen molar-refractivity contribution in [2.24, 2.45) is 5.92 Å². The van der Waals surface area contributed by atoms with E-state index in [2.05, 4.69) is 12.2 Å². The van der Waals surface area contributed by atoms with Gasteiger partial charge in [0.2, 0.25) is 0 Å². The van der Waals surface area contributed by atoms with E-state index in [0.29, 0.717) is 6.04 Å². The van der Waals surface area contributed by atoms with Crippen LogP contribution in [-0.4, -0.2) is 35.5 Å². The summed E-state index contributed by atoms with van der Waals surface area (Å²) in [7, 11) is 0. The van der Waals surface area contributed by atoms with Crippen LogP contribution in [0.5, 0.6) is 0 Å². The minimum Gasteiger partial charge on any atom is -0.395 e. The molecule has 1 saturated carbocycles. The maximum Gasteiger partial charge on any atom is 0.0607 e. The summed E-state index contributed by atoms with van der Waals surface area (Å²) in [6, 6.07) is 0.381. The molecule has 3 heteroatoms. The fourth-order valence-electron chi connectivity index (χ4n) is 2.21. The van der Waals surface area contributed by atoms with E-state index in [0.717, 1.165) is 5.92 Å². The van der Waals surface area contributed by atoms with E-state index < -0.39 is 0 Å². The minimum absolute atomic E-state index is 0.0312. The Morgan fingerprint density at radius 1 is 1.31 bits per heavy atom. The first-order chi connectivity index (χ1) is 6.31. The summed E-state index contributed by atoms with van der Waals surface area (Å²) in [5.74, 6) is 0.737. The van der Waals surface area contributed by atoms with Gasteiger partial charge >= 0.3 is 0 Å². The predicted octanol–water partition coefficient (Wildman–Crippen LogP) is 0.508. The largest absolute Gasteiger partial charge is 0.395 e. The van der Waals surface area contributed by atoms with Crippen molar-refractivity contribution in [1.29, 1.82) is 0 Å². The van der Waals surface area contributed by atoms with Gasteiger partial charge in [0.25, 0.3) is 0 Å². The molecule has 1 rings (SSSR count). The molecule has 2 atom stereocenters. The van der Waals surface area contributed by atoms with Crippen molar-refractivity contribution in [3.63, 3.8) is 0 Å². The minimum atomic E-state index is -0.128. The molecule has 0 aromatic rings. The zero-order valence-electron chi connectivity index (χ0n) is 8.37. The van der Waals surface area contributed by atoms with E-state index in [1.807, 2.05) is 0 Å². The number of aliphatic hydroxyl groups excluding tert-OH is 2. The molecule has 1 aliphatic carbocycles. The lowest BCUT2D eigenvalue weighted by atomic mass is 10.00. The van der Waals surface area contributed by atoms with Gasteiger partial charge in [0.05, 0.1) is 19.3 Å². The molecule has 3 N–H and O–H groups in total. The van der Waals surface area contributed by atoms with Crippen molar-refractivity contribution >= 4 is 0 Å². The first kappa shape index (κ1) is 11.0. The Hall–Kier alpha value is -0.120. The van der Waals surface area contributed by atoms with Gasteiger partial charge in [-0.3, -0.25) is 0 Å². The highest BCUT2D eigenvalue weighted by molar-refractivity contribution is 4.84. The molecule has 1 aliphatic rings.